The van der Waals surface area contributed by atoms with Gasteiger partial charge in [-0.15, -0.1) is 0 Å². The van der Waals surface area contributed by atoms with Crippen LogP contribution in [0.3, 0.4) is 0 Å². The van der Waals surface area contributed by atoms with Crippen molar-refractivity contribution in [1.29, 1.82) is 0 Å². The van der Waals surface area contributed by atoms with Crippen LogP contribution in [0.15, 0.2) is 51.0 Å². The first-order valence-corrected chi connectivity index (χ1v) is 11.1. The summed E-state index contributed by atoms with van der Waals surface area (Å²) in [6, 6.07) is 7.23. The lowest BCUT2D eigenvalue weighted by atomic mass is 10.1. The minimum atomic E-state index is -4.16. The second-order valence-electron chi connectivity index (χ2n) is 7.70. The number of nitrogens with zero attached hydrogens (tertiary/aromatic N) is 2. The number of sulfonamides is 1. The first kappa shape index (κ1) is 20.7. The van der Waals surface area contributed by atoms with E-state index in [1.165, 1.54) is 27.4 Å². The van der Waals surface area contributed by atoms with Crippen LogP contribution in [0.25, 0.3) is 11.3 Å². The number of benzene rings is 1. The van der Waals surface area contributed by atoms with E-state index >= 15 is 0 Å². The second kappa shape index (κ2) is 7.27. The Labute approximate surface area is 177 Å². The summed E-state index contributed by atoms with van der Waals surface area (Å²) in [5.74, 6) is -0.852. The SMILES string of the molecule is CC(C)CCn1c(=O)c(=C2Nc3c(C(N)=O)cccc3S(=O)(=O)N2)c(=O)c2cccn21. The Morgan fingerprint density at radius 3 is 2.58 bits per heavy atom. The summed E-state index contributed by atoms with van der Waals surface area (Å²) in [6.45, 7) is 4.35. The molecule has 3 aromatic rings. The number of carbonyl (C=O) groups is 1. The van der Waals surface area contributed by atoms with E-state index in [1.807, 2.05) is 13.8 Å². The summed E-state index contributed by atoms with van der Waals surface area (Å²) >= 11 is 0. The van der Waals surface area contributed by atoms with Crippen LogP contribution in [0.5, 0.6) is 0 Å². The van der Waals surface area contributed by atoms with Crippen LogP contribution in [-0.2, 0) is 16.6 Å². The van der Waals surface area contributed by atoms with Gasteiger partial charge in [-0.25, -0.2) is 13.1 Å². The molecule has 162 valence electrons. The monoisotopic (exact) mass is 443 g/mol. The number of nitrogens with two attached hydrogens (primary N) is 1. The number of aromatic nitrogens is 2. The van der Waals surface area contributed by atoms with Gasteiger partial charge < -0.3 is 11.1 Å². The van der Waals surface area contributed by atoms with Gasteiger partial charge in [0.05, 0.1) is 11.3 Å². The lowest BCUT2D eigenvalue weighted by Gasteiger charge is -2.24. The van der Waals surface area contributed by atoms with Gasteiger partial charge in [-0.3, -0.25) is 23.6 Å². The number of hydrogen-bond donors (Lipinski definition) is 3. The number of primary amides is 1. The summed E-state index contributed by atoms with van der Waals surface area (Å²) in [4.78, 5) is 38.1. The van der Waals surface area contributed by atoms with Gasteiger partial charge >= 0.3 is 0 Å². The maximum atomic E-state index is 13.3. The molecule has 1 amide bonds. The normalized spacial score (nSPS) is 16.6. The molecule has 3 heterocycles. The fraction of sp³-hybridized carbons (Fsp3) is 0.250. The smallest absolute Gasteiger partial charge is 0.280 e. The number of amides is 1. The van der Waals surface area contributed by atoms with Gasteiger partial charge in [0.25, 0.3) is 21.5 Å². The van der Waals surface area contributed by atoms with E-state index in [0.717, 1.165) is 0 Å². The number of aryl methyl sites for hydroxylation is 1. The maximum absolute atomic E-state index is 13.3. The first-order chi connectivity index (χ1) is 14.6. The predicted octanol–water partition coefficient (Wildman–Crippen LogP) is -0.205. The van der Waals surface area contributed by atoms with Crippen molar-refractivity contribution in [3.8, 4) is 0 Å². The van der Waals surface area contributed by atoms with Crippen molar-refractivity contribution >= 4 is 33.0 Å². The quantitative estimate of drug-likeness (QED) is 0.509. The van der Waals surface area contributed by atoms with Crippen LogP contribution in [0, 0.1) is 5.92 Å². The molecule has 31 heavy (non-hydrogen) atoms. The Bertz CT molecular complexity index is 1500. The van der Waals surface area contributed by atoms with Crippen LogP contribution in [0.4, 0.5) is 5.69 Å². The molecule has 0 bridgehead atoms. The third-order valence-corrected chi connectivity index (χ3v) is 6.52. The van der Waals surface area contributed by atoms with Gasteiger partial charge in [0, 0.05) is 12.7 Å². The first-order valence-electron chi connectivity index (χ1n) is 9.63. The molecule has 4 rings (SSSR count). The van der Waals surface area contributed by atoms with Crippen molar-refractivity contribution in [2.75, 3.05) is 5.32 Å². The molecule has 0 fully saturated rings. The predicted molar refractivity (Wildman–Crippen MR) is 115 cm³/mol. The zero-order valence-electron chi connectivity index (χ0n) is 16.9. The molecule has 0 saturated heterocycles. The molecular weight excluding hydrogens is 422 g/mol. The van der Waals surface area contributed by atoms with E-state index in [4.69, 9.17) is 5.73 Å². The highest BCUT2D eigenvalue weighted by Gasteiger charge is 2.30. The molecular formula is C20H21N5O5S. The molecule has 4 N–H and O–H groups in total. The summed E-state index contributed by atoms with van der Waals surface area (Å²) in [6.07, 6.45) is 2.28. The molecule has 0 saturated carbocycles. The Balaban J connectivity index is 2.07. The van der Waals surface area contributed by atoms with E-state index in [2.05, 4.69) is 10.0 Å². The molecule has 2 aromatic heterocycles. The molecule has 0 aliphatic carbocycles. The molecule has 0 radical (unpaired) electrons. The number of rotatable bonds is 4. The number of anilines is 1. The van der Waals surface area contributed by atoms with E-state index in [1.54, 1.807) is 18.3 Å². The summed E-state index contributed by atoms with van der Waals surface area (Å²) in [7, 11) is -4.16. The third-order valence-electron chi connectivity index (χ3n) is 5.13. The van der Waals surface area contributed by atoms with Crippen molar-refractivity contribution in [3.63, 3.8) is 0 Å². The van der Waals surface area contributed by atoms with Gasteiger partial charge in [-0.05, 0) is 36.6 Å². The zero-order chi connectivity index (χ0) is 22.5. The van der Waals surface area contributed by atoms with E-state index < -0.39 is 26.9 Å². The Kier molecular flexibility index (Phi) is 4.85. The highest BCUT2D eigenvalue weighted by Crippen LogP contribution is 2.30. The topological polar surface area (TPSA) is 145 Å². The summed E-state index contributed by atoms with van der Waals surface area (Å²) in [5.41, 5.74) is 4.17. The average molecular weight is 443 g/mol. The van der Waals surface area contributed by atoms with Crippen LogP contribution in [-0.4, -0.2) is 23.5 Å². The van der Waals surface area contributed by atoms with Crippen molar-refractivity contribution < 1.29 is 13.2 Å². The highest BCUT2D eigenvalue weighted by atomic mass is 32.2. The number of carbonyl (C=O) groups excluding carboxylic acids is 1. The molecule has 1 aromatic carbocycles. The number of para-hydroxylation sites is 1. The molecule has 0 unspecified atom stereocenters. The lowest BCUT2D eigenvalue weighted by molar-refractivity contribution is 0.100. The molecule has 11 heteroatoms. The number of fused-ring (bicyclic) bond motifs is 2. The minimum absolute atomic E-state index is 0.0728. The number of nitrogens with one attached hydrogen (secondary N) is 2. The Morgan fingerprint density at radius 1 is 1.16 bits per heavy atom. The average Bonchev–Trinajstić information content (AvgIpc) is 3.16. The van der Waals surface area contributed by atoms with Crippen molar-refractivity contribution in [2.24, 2.45) is 11.7 Å². The summed E-state index contributed by atoms with van der Waals surface area (Å²) in [5, 5.41) is 2.39. The fourth-order valence-electron chi connectivity index (χ4n) is 3.57. The van der Waals surface area contributed by atoms with Crippen molar-refractivity contribution in [3.05, 3.63) is 67.9 Å². The van der Waals surface area contributed by atoms with E-state index in [9.17, 15) is 22.8 Å². The van der Waals surface area contributed by atoms with Gasteiger partial charge in [-0.2, -0.15) is 0 Å². The van der Waals surface area contributed by atoms with Crippen LogP contribution >= 0.6 is 0 Å². The zero-order valence-corrected chi connectivity index (χ0v) is 17.7. The Hall–Kier alpha value is -3.60. The third kappa shape index (κ3) is 3.36. The van der Waals surface area contributed by atoms with E-state index in [-0.39, 0.29) is 32.7 Å². The largest absolute Gasteiger partial charge is 0.366 e. The molecule has 0 spiro atoms. The van der Waals surface area contributed by atoms with Crippen LogP contribution in [0.1, 0.15) is 30.6 Å². The van der Waals surface area contributed by atoms with E-state index in [0.29, 0.717) is 18.9 Å². The molecule has 10 nitrogen and oxygen atoms in total. The molecule has 0 atom stereocenters. The minimum Gasteiger partial charge on any atom is -0.366 e. The standard InChI is InChI=1S/C20H21N5O5S/c1-11(2)8-10-25-20(28)15(17(26)13-6-4-9-24(13)25)19-22-16-12(18(21)27)5-3-7-14(16)31(29,30)23-19/h3-7,9,11,22-23H,8,10H2,1-2H3,(H2,21,27). The van der Waals surface area contributed by atoms with Crippen LogP contribution < -0.4 is 32.0 Å². The molecule has 1 aliphatic heterocycles. The maximum Gasteiger partial charge on any atom is 0.280 e. The summed E-state index contributed by atoms with van der Waals surface area (Å²) < 4.78 is 30.8. The van der Waals surface area contributed by atoms with Gasteiger partial charge in [0.2, 0.25) is 5.43 Å². The fourth-order valence-corrected chi connectivity index (χ4v) is 4.79. The second-order valence-corrected chi connectivity index (χ2v) is 9.35. The molecule has 1 aliphatic rings. The van der Waals surface area contributed by atoms with Gasteiger partial charge in [0.1, 0.15) is 21.5 Å². The Morgan fingerprint density at radius 2 is 1.90 bits per heavy atom. The van der Waals surface area contributed by atoms with Crippen LogP contribution in [0.2, 0.25) is 0 Å². The van der Waals surface area contributed by atoms with Gasteiger partial charge in [-0.1, -0.05) is 19.9 Å². The van der Waals surface area contributed by atoms with Crippen molar-refractivity contribution in [1.82, 2.24) is 13.9 Å². The van der Waals surface area contributed by atoms with Gasteiger partial charge in [0.15, 0.2) is 0 Å². The lowest BCUT2D eigenvalue weighted by Crippen LogP contribution is -2.53. The highest BCUT2D eigenvalue weighted by molar-refractivity contribution is 7.90. The van der Waals surface area contributed by atoms with Crippen molar-refractivity contribution in [2.45, 2.75) is 31.7 Å². The number of hydrogen-bond acceptors (Lipinski definition) is 6.